The summed E-state index contributed by atoms with van der Waals surface area (Å²) in [7, 11) is 0. The van der Waals surface area contributed by atoms with Crippen LogP contribution in [0.1, 0.15) is 17.3 Å². The van der Waals surface area contributed by atoms with Crippen molar-refractivity contribution < 1.29 is 14.3 Å². The van der Waals surface area contributed by atoms with Crippen LogP contribution in [0.4, 0.5) is 11.4 Å². The first-order valence-corrected chi connectivity index (χ1v) is 7.54. The number of anilines is 2. The molecule has 2 aromatic rings. The first kappa shape index (κ1) is 15.7. The van der Waals surface area contributed by atoms with Gasteiger partial charge in [-0.05, 0) is 31.2 Å². The van der Waals surface area contributed by atoms with Gasteiger partial charge in [0, 0.05) is 30.7 Å². The zero-order valence-corrected chi connectivity index (χ0v) is 13.2. The van der Waals surface area contributed by atoms with Crippen LogP contribution in [0.5, 0.6) is 5.75 Å². The first-order valence-electron chi connectivity index (χ1n) is 7.54. The van der Waals surface area contributed by atoms with E-state index in [1.165, 1.54) is 6.20 Å². The van der Waals surface area contributed by atoms with Gasteiger partial charge in [-0.3, -0.25) is 14.6 Å². The number of fused-ring (bicyclic) bond motifs is 1. The fraction of sp³-hybridized carbons (Fsp3) is 0.167. The Morgan fingerprint density at radius 2 is 2.29 bits per heavy atom. The van der Waals surface area contributed by atoms with Gasteiger partial charge in [-0.15, -0.1) is 6.58 Å². The second kappa shape index (κ2) is 6.54. The number of nitrogens with one attached hydrogen (secondary N) is 1. The molecule has 0 radical (unpaired) electrons. The Morgan fingerprint density at radius 1 is 1.46 bits per heavy atom. The summed E-state index contributed by atoms with van der Waals surface area (Å²) < 4.78 is 5.66. The van der Waals surface area contributed by atoms with Gasteiger partial charge in [0.2, 0.25) is 0 Å². The molecule has 3 rings (SSSR count). The van der Waals surface area contributed by atoms with E-state index in [-0.39, 0.29) is 11.8 Å². The molecule has 0 fully saturated rings. The highest BCUT2D eigenvalue weighted by molar-refractivity contribution is 6.05. The summed E-state index contributed by atoms with van der Waals surface area (Å²) in [5, 5.41) is 2.80. The second-order valence-corrected chi connectivity index (χ2v) is 5.38. The van der Waals surface area contributed by atoms with Crippen molar-refractivity contribution in [3.63, 3.8) is 0 Å². The maximum absolute atomic E-state index is 12.2. The lowest BCUT2D eigenvalue weighted by Gasteiger charge is -2.32. The van der Waals surface area contributed by atoms with Crippen molar-refractivity contribution in [2.75, 3.05) is 16.8 Å². The average molecular weight is 323 g/mol. The molecule has 122 valence electrons. The van der Waals surface area contributed by atoms with E-state index in [1.807, 2.05) is 0 Å². The van der Waals surface area contributed by atoms with Gasteiger partial charge in [-0.2, -0.15) is 0 Å². The van der Waals surface area contributed by atoms with E-state index in [9.17, 15) is 9.59 Å². The summed E-state index contributed by atoms with van der Waals surface area (Å²) >= 11 is 0. The van der Waals surface area contributed by atoms with Crippen LogP contribution in [0.3, 0.4) is 0 Å². The van der Waals surface area contributed by atoms with Crippen molar-refractivity contribution >= 4 is 23.2 Å². The quantitative estimate of drug-likeness (QED) is 0.878. The molecule has 24 heavy (non-hydrogen) atoms. The van der Waals surface area contributed by atoms with Crippen LogP contribution >= 0.6 is 0 Å². The molecule has 1 aromatic heterocycles. The van der Waals surface area contributed by atoms with E-state index in [1.54, 1.807) is 54.4 Å². The minimum absolute atomic E-state index is 0.116. The average Bonchev–Trinajstić information content (AvgIpc) is 2.59. The van der Waals surface area contributed by atoms with Crippen LogP contribution in [0, 0.1) is 0 Å². The molecule has 6 heteroatoms. The number of hydrogen-bond donors (Lipinski definition) is 1. The van der Waals surface area contributed by atoms with Gasteiger partial charge >= 0.3 is 0 Å². The number of nitrogens with zero attached hydrogens (tertiary/aromatic N) is 2. The first-order chi connectivity index (χ1) is 11.6. The van der Waals surface area contributed by atoms with E-state index in [2.05, 4.69) is 16.9 Å². The number of rotatable bonds is 4. The molecule has 1 N–H and O–H groups in total. The zero-order chi connectivity index (χ0) is 17.1. The summed E-state index contributed by atoms with van der Waals surface area (Å²) in [6, 6.07) is 8.58. The molecule has 6 nitrogen and oxygen atoms in total. The van der Waals surface area contributed by atoms with Crippen LogP contribution in [-0.4, -0.2) is 29.4 Å². The Morgan fingerprint density at radius 3 is 3.00 bits per heavy atom. The van der Waals surface area contributed by atoms with Crippen molar-refractivity contribution in [1.29, 1.82) is 0 Å². The maximum Gasteiger partial charge on any atom is 0.268 e. The predicted octanol–water partition coefficient (Wildman–Crippen LogP) is 2.63. The molecule has 2 amide bonds. The van der Waals surface area contributed by atoms with Crippen molar-refractivity contribution in [3.05, 3.63) is 60.9 Å². The Balaban J connectivity index is 1.86. The number of benzene rings is 1. The van der Waals surface area contributed by atoms with E-state index in [4.69, 9.17) is 4.74 Å². The fourth-order valence-electron chi connectivity index (χ4n) is 2.51. The third kappa shape index (κ3) is 2.99. The molecule has 2 heterocycles. The highest BCUT2D eigenvalue weighted by Gasteiger charge is 2.30. The number of aromatic nitrogens is 1. The van der Waals surface area contributed by atoms with Gasteiger partial charge in [0.1, 0.15) is 5.75 Å². The highest BCUT2D eigenvalue weighted by Crippen LogP contribution is 2.36. The number of ether oxygens (including phenoxy) is 1. The Labute approximate surface area is 139 Å². The van der Waals surface area contributed by atoms with E-state index >= 15 is 0 Å². The number of carbonyl (C=O) groups excluding carboxylic acids is 2. The lowest BCUT2D eigenvalue weighted by atomic mass is 10.1. The molecule has 0 saturated carbocycles. The third-order valence-electron chi connectivity index (χ3n) is 3.66. The number of amides is 2. The molecule has 0 aliphatic carbocycles. The van der Waals surface area contributed by atoms with Crippen molar-refractivity contribution in [2.45, 2.75) is 13.0 Å². The standard InChI is InChI=1S/C18H17N3O3/c1-3-9-21-15-7-6-14(10-16(15)24-12(2)18(21)23)20-17(22)13-5-4-8-19-11-13/h3-8,10-12H,1,9H2,2H3,(H,20,22). The minimum Gasteiger partial charge on any atom is -0.479 e. The van der Waals surface area contributed by atoms with Crippen molar-refractivity contribution in [1.82, 2.24) is 4.98 Å². The highest BCUT2D eigenvalue weighted by atomic mass is 16.5. The summed E-state index contributed by atoms with van der Waals surface area (Å²) in [5.74, 6) is 0.174. The normalized spacial score (nSPS) is 16.1. The molecular formula is C18H17N3O3. The SMILES string of the molecule is C=CCN1C(=O)C(C)Oc2cc(NC(=O)c3cccnc3)ccc21. The lowest BCUT2D eigenvalue weighted by Crippen LogP contribution is -2.44. The molecule has 0 spiro atoms. The van der Waals surface area contributed by atoms with Gasteiger partial charge in [-0.1, -0.05) is 6.08 Å². The topological polar surface area (TPSA) is 71.5 Å². The molecule has 1 aliphatic rings. The lowest BCUT2D eigenvalue weighted by molar-refractivity contribution is -0.125. The minimum atomic E-state index is -0.582. The molecule has 1 atom stereocenters. The smallest absolute Gasteiger partial charge is 0.268 e. The molecule has 0 bridgehead atoms. The molecule has 1 aromatic carbocycles. The van der Waals surface area contributed by atoms with Gasteiger partial charge in [-0.25, -0.2) is 0 Å². The van der Waals surface area contributed by atoms with E-state index in [0.717, 1.165) is 0 Å². The molecular weight excluding hydrogens is 306 g/mol. The Hall–Kier alpha value is -3.15. The van der Waals surface area contributed by atoms with Crippen molar-refractivity contribution in [3.8, 4) is 5.75 Å². The summed E-state index contributed by atoms with van der Waals surface area (Å²) in [5.41, 5.74) is 1.72. The monoisotopic (exact) mass is 323 g/mol. The van der Waals surface area contributed by atoms with Gasteiger partial charge in [0.25, 0.3) is 11.8 Å². The molecule has 1 aliphatic heterocycles. The predicted molar refractivity (Wildman–Crippen MR) is 91.3 cm³/mol. The molecule has 0 saturated heterocycles. The third-order valence-corrected chi connectivity index (χ3v) is 3.66. The maximum atomic E-state index is 12.2. The van der Waals surface area contributed by atoms with Crippen LogP contribution in [0.25, 0.3) is 0 Å². The zero-order valence-electron chi connectivity index (χ0n) is 13.2. The largest absolute Gasteiger partial charge is 0.479 e. The summed E-state index contributed by atoms with van der Waals surface area (Å²) in [4.78, 5) is 29.9. The van der Waals surface area contributed by atoms with Crippen LogP contribution in [0.2, 0.25) is 0 Å². The van der Waals surface area contributed by atoms with E-state index < -0.39 is 6.10 Å². The van der Waals surface area contributed by atoms with Gasteiger partial charge < -0.3 is 15.0 Å². The number of hydrogen-bond acceptors (Lipinski definition) is 4. The van der Waals surface area contributed by atoms with E-state index in [0.29, 0.717) is 29.2 Å². The summed E-state index contributed by atoms with van der Waals surface area (Å²) in [6.45, 7) is 5.78. The van der Waals surface area contributed by atoms with Crippen LogP contribution in [-0.2, 0) is 4.79 Å². The van der Waals surface area contributed by atoms with Crippen LogP contribution in [0.15, 0.2) is 55.4 Å². The Bertz CT molecular complexity index is 789. The molecule has 1 unspecified atom stereocenters. The number of pyridine rings is 1. The van der Waals surface area contributed by atoms with Gasteiger partial charge in [0.05, 0.1) is 11.3 Å². The fourth-order valence-corrected chi connectivity index (χ4v) is 2.51. The number of carbonyl (C=O) groups is 2. The van der Waals surface area contributed by atoms with Gasteiger partial charge in [0.15, 0.2) is 6.10 Å². The Kier molecular flexibility index (Phi) is 4.29. The summed E-state index contributed by atoms with van der Waals surface area (Å²) in [6.07, 6.45) is 4.19. The van der Waals surface area contributed by atoms with Crippen LogP contribution < -0.4 is 15.0 Å². The second-order valence-electron chi connectivity index (χ2n) is 5.38. The van der Waals surface area contributed by atoms with Crippen molar-refractivity contribution in [2.24, 2.45) is 0 Å².